The van der Waals surface area contributed by atoms with E-state index < -0.39 is 0 Å². The van der Waals surface area contributed by atoms with Crippen LogP contribution in [0.25, 0.3) is 11.5 Å². The molecule has 2 aromatic carbocycles. The number of aromatic nitrogens is 1. The Bertz CT molecular complexity index is 847. The van der Waals surface area contributed by atoms with Gasteiger partial charge in [0.15, 0.2) is 0 Å². The molecule has 3 rings (SSSR count). The van der Waals surface area contributed by atoms with Crippen LogP contribution in [0, 0.1) is 0 Å². The lowest BCUT2D eigenvalue weighted by molar-refractivity contribution is -0.115. The van der Waals surface area contributed by atoms with Gasteiger partial charge in [-0.2, -0.15) is 0 Å². The van der Waals surface area contributed by atoms with Crippen LogP contribution in [-0.4, -0.2) is 23.3 Å². The number of nitrogens with one attached hydrogen (secondary N) is 1. The third-order valence-electron chi connectivity index (χ3n) is 3.78. The average molecular weight is 368 g/mol. The Kier molecular flexibility index (Phi) is 5.96. The minimum atomic E-state index is -0.198. The molecule has 0 radical (unpaired) electrons. The number of carbonyl (C=O) groups excluding carboxylic acids is 1. The van der Waals surface area contributed by atoms with E-state index >= 15 is 0 Å². The number of rotatable bonds is 7. The molecule has 1 N–H and O–H groups in total. The molecule has 0 saturated heterocycles. The number of oxazole rings is 1. The van der Waals surface area contributed by atoms with E-state index in [4.69, 9.17) is 9.15 Å². The molecular weight excluding hydrogens is 348 g/mol. The van der Waals surface area contributed by atoms with Crippen molar-refractivity contribution in [2.75, 3.05) is 12.4 Å². The van der Waals surface area contributed by atoms with E-state index in [1.807, 2.05) is 61.5 Å². The monoisotopic (exact) mass is 368 g/mol. The van der Waals surface area contributed by atoms with Gasteiger partial charge in [-0.25, -0.2) is 4.98 Å². The van der Waals surface area contributed by atoms with Crippen molar-refractivity contribution in [2.24, 2.45) is 0 Å². The lowest BCUT2D eigenvalue weighted by atomic mass is 10.2. The molecule has 134 valence electrons. The average Bonchev–Trinajstić information content (AvgIpc) is 3.16. The van der Waals surface area contributed by atoms with Gasteiger partial charge in [0.1, 0.15) is 12.0 Å². The van der Waals surface area contributed by atoms with Gasteiger partial charge in [0.25, 0.3) is 0 Å². The fraction of sp³-hybridized carbons (Fsp3) is 0.200. The summed E-state index contributed by atoms with van der Waals surface area (Å²) in [6, 6.07) is 17.0. The Morgan fingerprint density at radius 3 is 2.62 bits per heavy atom. The largest absolute Gasteiger partial charge is 0.497 e. The number of anilines is 1. The summed E-state index contributed by atoms with van der Waals surface area (Å²) in [6.07, 6.45) is 1.63. The van der Waals surface area contributed by atoms with E-state index in [1.54, 1.807) is 13.4 Å². The van der Waals surface area contributed by atoms with E-state index in [0.29, 0.717) is 11.6 Å². The molecule has 0 aliphatic heterocycles. The first-order valence-corrected chi connectivity index (χ1v) is 9.27. The Labute approximate surface area is 156 Å². The molecule has 6 heteroatoms. The summed E-state index contributed by atoms with van der Waals surface area (Å²) in [6.45, 7) is 1.88. The van der Waals surface area contributed by atoms with Crippen LogP contribution in [0.5, 0.6) is 5.75 Å². The van der Waals surface area contributed by atoms with Crippen molar-refractivity contribution < 1.29 is 13.9 Å². The maximum Gasteiger partial charge on any atom is 0.237 e. The molecule has 3 aromatic rings. The van der Waals surface area contributed by atoms with Gasteiger partial charge in [0.2, 0.25) is 11.8 Å². The number of thioether (sulfide) groups is 1. The number of methoxy groups -OCH3 is 1. The van der Waals surface area contributed by atoms with Crippen molar-refractivity contribution in [3.8, 4) is 17.2 Å². The second-order valence-corrected chi connectivity index (χ2v) is 7.01. The summed E-state index contributed by atoms with van der Waals surface area (Å²) in [5, 5.41) is 2.71. The summed E-state index contributed by atoms with van der Waals surface area (Å²) >= 11 is 1.52. The van der Waals surface area contributed by atoms with Crippen LogP contribution in [-0.2, 0) is 10.5 Å². The highest BCUT2D eigenvalue weighted by Crippen LogP contribution is 2.24. The predicted molar refractivity (Wildman–Crippen MR) is 104 cm³/mol. The minimum Gasteiger partial charge on any atom is -0.497 e. The van der Waals surface area contributed by atoms with Crippen LogP contribution in [0.3, 0.4) is 0 Å². The Morgan fingerprint density at radius 2 is 1.92 bits per heavy atom. The summed E-state index contributed by atoms with van der Waals surface area (Å²) in [7, 11) is 1.63. The molecule has 0 bridgehead atoms. The summed E-state index contributed by atoms with van der Waals surface area (Å²) in [5.74, 6) is 1.92. The standard InChI is InChI=1S/C20H20N2O3S/c1-14(19(23)21-16-6-4-3-5-7-16)26-13-17-12-25-20(22-17)15-8-10-18(24-2)11-9-15/h3-12,14H,13H2,1-2H3,(H,21,23)/t14-/m1/s1. The van der Waals surface area contributed by atoms with E-state index in [-0.39, 0.29) is 11.2 Å². The minimum absolute atomic E-state index is 0.0277. The summed E-state index contributed by atoms with van der Waals surface area (Å²) in [4.78, 5) is 16.7. The zero-order valence-corrected chi connectivity index (χ0v) is 15.5. The normalized spacial score (nSPS) is 11.8. The lowest BCUT2D eigenvalue weighted by Crippen LogP contribution is -2.22. The van der Waals surface area contributed by atoms with E-state index in [9.17, 15) is 4.79 Å². The maximum atomic E-state index is 12.2. The quantitative estimate of drug-likeness (QED) is 0.660. The van der Waals surface area contributed by atoms with Crippen LogP contribution in [0.4, 0.5) is 5.69 Å². The first-order chi connectivity index (χ1) is 12.7. The van der Waals surface area contributed by atoms with Gasteiger partial charge < -0.3 is 14.5 Å². The molecule has 1 heterocycles. The molecular formula is C20H20N2O3S. The van der Waals surface area contributed by atoms with Gasteiger partial charge in [-0.05, 0) is 43.3 Å². The van der Waals surface area contributed by atoms with E-state index in [1.165, 1.54) is 11.8 Å². The molecule has 0 aliphatic carbocycles. The van der Waals surface area contributed by atoms with Crippen LogP contribution in [0.15, 0.2) is 65.3 Å². The summed E-state index contributed by atoms with van der Waals surface area (Å²) in [5.41, 5.74) is 2.49. The van der Waals surface area contributed by atoms with Crippen LogP contribution >= 0.6 is 11.8 Å². The van der Waals surface area contributed by atoms with Crippen molar-refractivity contribution in [1.82, 2.24) is 4.98 Å². The molecule has 1 aromatic heterocycles. The van der Waals surface area contributed by atoms with Gasteiger partial charge in [0.05, 0.1) is 18.1 Å². The molecule has 0 saturated carbocycles. The van der Waals surface area contributed by atoms with Gasteiger partial charge >= 0.3 is 0 Å². The zero-order valence-electron chi connectivity index (χ0n) is 14.6. The number of carbonyl (C=O) groups is 1. The Hall–Kier alpha value is -2.73. The maximum absolute atomic E-state index is 12.2. The lowest BCUT2D eigenvalue weighted by Gasteiger charge is -2.11. The smallest absolute Gasteiger partial charge is 0.237 e. The third kappa shape index (κ3) is 4.67. The van der Waals surface area contributed by atoms with Crippen molar-refractivity contribution in [1.29, 1.82) is 0 Å². The van der Waals surface area contributed by atoms with Crippen molar-refractivity contribution >= 4 is 23.4 Å². The Balaban J connectivity index is 1.54. The molecule has 5 nitrogen and oxygen atoms in total. The summed E-state index contributed by atoms with van der Waals surface area (Å²) < 4.78 is 10.7. The van der Waals surface area contributed by atoms with Gasteiger partial charge in [0, 0.05) is 17.0 Å². The van der Waals surface area contributed by atoms with Crippen molar-refractivity contribution in [3.63, 3.8) is 0 Å². The topological polar surface area (TPSA) is 64.4 Å². The van der Waals surface area contributed by atoms with Gasteiger partial charge in [-0.1, -0.05) is 18.2 Å². The molecule has 0 fully saturated rings. The van der Waals surface area contributed by atoms with E-state index in [0.717, 1.165) is 22.7 Å². The Morgan fingerprint density at radius 1 is 1.19 bits per heavy atom. The van der Waals surface area contributed by atoms with Gasteiger partial charge in [-0.3, -0.25) is 4.79 Å². The molecule has 0 unspecified atom stereocenters. The van der Waals surface area contributed by atoms with Crippen molar-refractivity contribution in [2.45, 2.75) is 17.9 Å². The first-order valence-electron chi connectivity index (χ1n) is 8.22. The fourth-order valence-corrected chi connectivity index (χ4v) is 3.05. The number of para-hydroxylation sites is 1. The highest BCUT2D eigenvalue weighted by Gasteiger charge is 2.15. The number of hydrogen-bond donors (Lipinski definition) is 1. The van der Waals surface area contributed by atoms with Crippen molar-refractivity contribution in [3.05, 3.63) is 66.6 Å². The highest BCUT2D eigenvalue weighted by molar-refractivity contribution is 7.99. The second-order valence-electron chi connectivity index (χ2n) is 5.68. The van der Waals surface area contributed by atoms with Crippen LogP contribution < -0.4 is 10.1 Å². The molecule has 1 amide bonds. The number of amides is 1. The third-order valence-corrected chi connectivity index (χ3v) is 4.96. The van der Waals surface area contributed by atoms with Gasteiger partial charge in [-0.15, -0.1) is 11.8 Å². The number of hydrogen-bond acceptors (Lipinski definition) is 5. The predicted octanol–water partition coefficient (Wildman–Crippen LogP) is 4.61. The van der Waals surface area contributed by atoms with Crippen LogP contribution in [0.1, 0.15) is 12.6 Å². The number of nitrogens with zero attached hydrogens (tertiary/aromatic N) is 1. The van der Waals surface area contributed by atoms with E-state index in [2.05, 4.69) is 10.3 Å². The molecule has 26 heavy (non-hydrogen) atoms. The zero-order chi connectivity index (χ0) is 18.4. The molecule has 0 spiro atoms. The SMILES string of the molecule is COc1ccc(-c2nc(CS[C@H](C)C(=O)Nc3ccccc3)co2)cc1. The molecule has 1 atom stereocenters. The number of ether oxygens (including phenoxy) is 1. The molecule has 0 aliphatic rings. The fourth-order valence-electron chi connectivity index (χ4n) is 2.29. The first kappa shape index (κ1) is 18.1. The second kappa shape index (κ2) is 8.58. The number of benzene rings is 2. The highest BCUT2D eigenvalue weighted by atomic mass is 32.2. The van der Waals surface area contributed by atoms with Crippen LogP contribution in [0.2, 0.25) is 0 Å².